The van der Waals surface area contributed by atoms with E-state index in [1.54, 1.807) is 12.1 Å². The number of hydrogen-bond acceptors (Lipinski definition) is 1. The predicted octanol–water partition coefficient (Wildman–Crippen LogP) is 2.81. The second-order valence-corrected chi connectivity index (χ2v) is 3.17. The van der Waals surface area contributed by atoms with E-state index >= 15 is 0 Å². The minimum Gasteiger partial charge on any atom is -0.384 e. The third-order valence-corrected chi connectivity index (χ3v) is 2.21. The van der Waals surface area contributed by atoms with Gasteiger partial charge in [-0.3, -0.25) is 0 Å². The average Bonchev–Trinajstić information content (AvgIpc) is 2.03. The van der Waals surface area contributed by atoms with Gasteiger partial charge in [0.2, 0.25) is 0 Å². The molecule has 1 aromatic rings. The van der Waals surface area contributed by atoms with Crippen LogP contribution in [0.25, 0.3) is 0 Å². The molecule has 1 aromatic carbocycles. The molecule has 0 radical (unpaired) electrons. The van der Waals surface area contributed by atoms with Crippen molar-refractivity contribution in [2.75, 3.05) is 0 Å². The van der Waals surface area contributed by atoms with Crippen molar-refractivity contribution in [1.82, 2.24) is 0 Å². The van der Waals surface area contributed by atoms with Crippen molar-refractivity contribution in [2.45, 2.75) is 6.10 Å². The number of aliphatic hydroxyl groups excluding tert-OH is 1. The molecule has 3 heteroatoms. The Kier molecular flexibility index (Phi) is 3.00. The quantitative estimate of drug-likeness (QED) is 0.776. The van der Waals surface area contributed by atoms with E-state index in [0.29, 0.717) is 4.47 Å². The van der Waals surface area contributed by atoms with E-state index in [9.17, 15) is 9.50 Å². The lowest BCUT2D eigenvalue weighted by Gasteiger charge is -2.08. The summed E-state index contributed by atoms with van der Waals surface area (Å²) in [7, 11) is 0. The highest BCUT2D eigenvalue weighted by Crippen LogP contribution is 2.26. The van der Waals surface area contributed by atoms with Crippen LogP contribution in [0, 0.1) is 5.82 Å². The van der Waals surface area contributed by atoms with Crippen LogP contribution in [0.1, 0.15) is 11.7 Å². The van der Waals surface area contributed by atoms with E-state index in [0.717, 1.165) is 0 Å². The van der Waals surface area contributed by atoms with E-state index < -0.39 is 11.9 Å². The molecule has 0 unspecified atom stereocenters. The molecule has 0 spiro atoms. The monoisotopic (exact) mass is 230 g/mol. The molecule has 0 bridgehead atoms. The van der Waals surface area contributed by atoms with Gasteiger partial charge in [0, 0.05) is 10.0 Å². The van der Waals surface area contributed by atoms with Crippen LogP contribution in [0.15, 0.2) is 35.3 Å². The molecule has 0 aliphatic carbocycles. The SMILES string of the molecule is C=C[C@@H](O)c1c(F)cccc1Br. The van der Waals surface area contributed by atoms with E-state index in [4.69, 9.17) is 0 Å². The Balaban J connectivity index is 3.20. The first-order valence-electron chi connectivity index (χ1n) is 3.41. The van der Waals surface area contributed by atoms with Gasteiger partial charge in [0.15, 0.2) is 0 Å². The molecule has 0 saturated heterocycles. The fourth-order valence-electron chi connectivity index (χ4n) is 0.911. The first kappa shape index (κ1) is 9.42. The topological polar surface area (TPSA) is 20.2 Å². The first-order chi connectivity index (χ1) is 5.66. The van der Waals surface area contributed by atoms with Crippen LogP contribution in [0.2, 0.25) is 0 Å². The van der Waals surface area contributed by atoms with Crippen LogP contribution in [0.4, 0.5) is 4.39 Å². The second-order valence-electron chi connectivity index (χ2n) is 2.32. The summed E-state index contributed by atoms with van der Waals surface area (Å²) in [6.07, 6.45) is 0.323. The molecular formula is C9H8BrFO. The lowest BCUT2D eigenvalue weighted by Crippen LogP contribution is -1.97. The summed E-state index contributed by atoms with van der Waals surface area (Å²) >= 11 is 3.14. The molecular weight excluding hydrogens is 223 g/mol. The number of aliphatic hydroxyl groups is 1. The lowest BCUT2D eigenvalue weighted by molar-refractivity contribution is 0.222. The van der Waals surface area contributed by atoms with Crippen molar-refractivity contribution in [2.24, 2.45) is 0 Å². The predicted molar refractivity (Wildman–Crippen MR) is 49.3 cm³/mol. The fourth-order valence-corrected chi connectivity index (χ4v) is 1.49. The third kappa shape index (κ3) is 1.73. The van der Waals surface area contributed by atoms with Crippen molar-refractivity contribution in [1.29, 1.82) is 0 Å². The summed E-state index contributed by atoms with van der Waals surface area (Å²) < 4.78 is 13.6. The van der Waals surface area contributed by atoms with Crippen LogP contribution in [-0.4, -0.2) is 5.11 Å². The lowest BCUT2D eigenvalue weighted by atomic mass is 10.1. The number of rotatable bonds is 2. The molecule has 64 valence electrons. The van der Waals surface area contributed by atoms with E-state index in [-0.39, 0.29) is 5.56 Å². The molecule has 0 fully saturated rings. The molecule has 0 aliphatic heterocycles. The van der Waals surface area contributed by atoms with Gasteiger partial charge in [0.1, 0.15) is 11.9 Å². The maximum Gasteiger partial charge on any atom is 0.130 e. The van der Waals surface area contributed by atoms with Crippen LogP contribution in [-0.2, 0) is 0 Å². The van der Waals surface area contributed by atoms with Gasteiger partial charge in [0.05, 0.1) is 0 Å². The van der Waals surface area contributed by atoms with E-state index in [1.165, 1.54) is 12.1 Å². The summed E-state index contributed by atoms with van der Waals surface area (Å²) in [6.45, 7) is 3.38. The van der Waals surface area contributed by atoms with E-state index in [2.05, 4.69) is 22.5 Å². The Bertz CT molecular complexity index is 278. The largest absolute Gasteiger partial charge is 0.384 e. The summed E-state index contributed by atoms with van der Waals surface area (Å²) in [5.41, 5.74) is 0.229. The Morgan fingerprint density at radius 3 is 2.75 bits per heavy atom. The summed E-state index contributed by atoms with van der Waals surface area (Å²) in [5.74, 6) is -0.434. The second kappa shape index (κ2) is 3.83. The van der Waals surface area contributed by atoms with Crippen LogP contribution < -0.4 is 0 Å². The molecule has 1 N–H and O–H groups in total. The van der Waals surface area contributed by atoms with Crippen molar-refractivity contribution in [3.8, 4) is 0 Å². The van der Waals surface area contributed by atoms with Crippen LogP contribution >= 0.6 is 15.9 Å². The van der Waals surface area contributed by atoms with Crippen molar-refractivity contribution >= 4 is 15.9 Å². The minimum atomic E-state index is -0.958. The molecule has 0 aromatic heterocycles. The average molecular weight is 231 g/mol. The molecule has 12 heavy (non-hydrogen) atoms. The zero-order chi connectivity index (χ0) is 9.14. The summed E-state index contributed by atoms with van der Waals surface area (Å²) in [5, 5.41) is 9.30. The Morgan fingerprint density at radius 2 is 2.25 bits per heavy atom. The Morgan fingerprint density at radius 1 is 1.58 bits per heavy atom. The van der Waals surface area contributed by atoms with Gasteiger partial charge >= 0.3 is 0 Å². The molecule has 1 rings (SSSR count). The van der Waals surface area contributed by atoms with Gasteiger partial charge in [-0.2, -0.15) is 0 Å². The normalized spacial score (nSPS) is 12.6. The zero-order valence-corrected chi connectivity index (χ0v) is 7.88. The standard InChI is InChI=1S/C9H8BrFO/c1-2-8(12)9-6(10)4-3-5-7(9)11/h2-5,8,12H,1H2/t8-/m1/s1. The summed E-state index contributed by atoms with van der Waals surface area (Å²) in [4.78, 5) is 0. The van der Waals surface area contributed by atoms with Crippen molar-refractivity contribution < 1.29 is 9.50 Å². The highest BCUT2D eigenvalue weighted by molar-refractivity contribution is 9.10. The van der Waals surface area contributed by atoms with Crippen molar-refractivity contribution in [3.05, 3.63) is 46.7 Å². The first-order valence-corrected chi connectivity index (χ1v) is 4.20. The van der Waals surface area contributed by atoms with E-state index in [1.807, 2.05) is 0 Å². The van der Waals surface area contributed by atoms with Gasteiger partial charge in [-0.25, -0.2) is 4.39 Å². The molecule has 0 aliphatic rings. The molecule has 1 atom stereocenters. The minimum absolute atomic E-state index is 0.229. The van der Waals surface area contributed by atoms with Crippen LogP contribution in [0.3, 0.4) is 0 Å². The van der Waals surface area contributed by atoms with Crippen LogP contribution in [0.5, 0.6) is 0 Å². The maximum absolute atomic E-state index is 13.1. The molecule has 0 saturated carbocycles. The smallest absolute Gasteiger partial charge is 0.130 e. The highest BCUT2D eigenvalue weighted by Gasteiger charge is 2.12. The number of benzene rings is 1. The van der Waals surface area contributed by atoms with Gasteiger partial charge in [-0.05, 0) is 12.1 Å². The maximum atomic E-state index is 13.1. The fraction of sp³-hybridized carbons (Fsp3) is 0.111. The van der Waals surface area contributed by atoms with Gasteiger partial charge in [-0.1, -0.05) is 28.1 Å². The Hall–Kier alpha value is -0.670. The highest BCUT2D eigenvalue weighted by atomic mass is 79.9. The Labute approximate surface area is 78.7 Å². The zero-order valence-electron chi connectivity index (χ0n) is 6.30. The molecule has 1 nitrogen and oxygen atoms in total. The molecule has 0 amide bonds. The number of halogens is 2. The third-order valence-electron chi connectivity index (χ3n) is 1.52. The number of hydrogen-bond donors (Lipinski definition) is 1. The van der Waals surface area contributed by atoms with Crippen molar-refractivity contribution in [3.63, 3.8) is 0 Å². The van der Waals surface area contributed by atoms with Gasteiger partial charge in [-0.15, -0.1) is 6.58 Å². The van der Waals surface area contributed by atoms with Gasteiger partial charge in [0.25, 0.3) is 0 Å². The van der Waals surface area contributed by atoms with Gasteiger partial charge < -0.3 is 5.11 Å². The molecule has 0 heterocycles. The summed E-state index contributed by atoms with van der Waals surface area (Å²) in [6, 6.07) is 4.54.